The van der Waals surface area contributed by atoms with Crippen LogP contribution in [0.3, 0.4) is 0 Å². The Morgan fingerprint density at radius 2 is 1.93 bits per heavy atom. The van der Waals surface area contributed by atoms with E-state index < -0.39 is 12.3 Å². The number of hydrogen-bond donors (Lipinski definition) is 3. The number of aliphatic hydroxyl groups is 1. The van der Waals surface area contributed by atoms with Crippen molar-refractivity contribution >= 4 is 5.91 Å². The Kier molecular flexibility index (Phi) is 10.7. The highest BCUT2D eigenvalue weighted by atomic mass is 19.1. The van der Waals surface area contributed by atoms with Gasteiger partial charge in [0.05, 0.1) is 6.61 Å². The summed E-state index contributed by atoms with van der Waals surface area (Å²) < 4.78 is 20.7. The van der Waals surface area contributed by atoms with Crippen molar-refractivity contribution in [3.8, 4) is 5.75 Å². The van der Waals surface area contributed by atoms with Crippen LogP contribution in [-0.4, -0.2) is 47.9 Å². The van der Waals surface area contributed by atoms with E-state index in [1.807, 2.05) is 25.1 Å². The van der Waals surface area contributed by atoms with Gasteiger partial charge in [0.25, 0.3) is 5.91 Å². The van der Waals surface area contributed by atoms with E-state index in [9.17, 15) is 14.3 Å². The van der Waals surface area contributed by atoms with Gasteiger partial charge in [-0.15, -0.1) is 0 Å². The van der Waals surface area contributed by atoms with Crippen molar-refractivity contribution in [2.24, 2.45) is 0 Å². The second-order valence-electron chi connectivity index (χ2n) is 12.7. The third-order valence-electron chi connectivity index (χ3n) is 8.82. The van der Waals surface area contributed by atoms with Crippen molar-refractivity contribution < 1.29 is 19.0 Å². The number of carbonyl (C=O) groups excluding carboxylic acids is 1. The van der Waals surface area contributed by atoms with Crippen LogP contribution in [-0.2, 0) is 24.9 Å². The minimum atomic E-state index is -0.859. The number of rotatable bonds is 8. The van der Waals surface area contributed by atoms with Gasteiger partial charge in [0, 0.05) is 36.2 Å². The minimum Gasteiger partial charge on any atom is -0.493 e. The van der Waals surface area contributed by atoms with Gasteiger partial charge < -0.3 is 15.2 Å². The van der Waals surface area contributed by atoms with E-state index in [0.717, 1.165) is 74.8 Å². The van der Waals surface area contributed by atoms with E-state index in [2.05, 4.69) is 59.7 Å². The van der Waals surface area contributed by atoms with E-state index in [1.54, 1.807) is 0 Å². The number of fused-ring (bicyclic) bond motifs is 4. The third-order valence-corrected chi connectivity index (χ3v) is 8.82. The Labute approximate surface area is 262 Å². The summed E-state index contributed by atoms with van der Waals surface area (Å²) in [5, 5.41) is 18.0. The third kappa shape index (κ3) is 8.68. The summed E-state index contributed by atoms with van der Waals surface area (Å²) in [6.45, 7) is 9.53. The van der Waals surface area contributed by atoms with Gasteiger partial charge in [0.1, 0.15) is 17.8 Å². The maximum Gasteiger partial charge on any atom is 0.251 e. The van der Waals surface area contributed by atoms with Gasteiger partial charge in [-0.25, -0.2) is 4.39 Å². The van der Waals surface area contributed by atoms with Gasteiger partial charge in [-0.05, 0) is 111 Å². The molecule has 0 saturated heterocycles. The molecule has 2 aliphatic rings. The van der Waals surface area contributed by atoms with E-state index in [-0.39, 0.29) is 23.7 Å². The SMILES string of the molecule is CCCN1CCCCOc2cc(F)cc(c2)CC(CC(O)NC2(c3cccc(CC)c3)CC2)NC(=O)c2cc(C)cc(c2)C1. The molecule has 0 radical (unpaired) electrons. The van der Waals surface area contributed by atoms with Crippen molar-refractivity contribution in [2.75, 3.05) is 19.7 Å². The van der Waals surface area contributed by atoms with Crippen LogP contribution in [0.15, 0.2) is 60.7 Å². The lowest BCUT2D eigenvalue weighted by molar-refractivity contribution is 0.0831. The number of hydrogen-bond acceptors (Lipinski definition) is 5. The lowest BCUT2D eigenvalue weighted by Gasteiger charge is -2.27. The molecule has 1 aliphatic heterocycles. The van der Waals surface area contributed by atoms with Crippen LogP contribution in [0.5, 0.6) is 5.75 Å². The highest BCUT2D eigenvalue weighted by Gasteiger charge is 2.45. The smallest absolute Gasteiger partial charge is 0.251 e. The summed E-state index contributed by atoms with van der Waals surface area (Å²) in [4.78, 5) is 16.2. The summed E-state index contributed by atoms with van der Waals surface area (Å²) in [6, 6.07) is 18.9. The zero-order valence-corrected chi connectivity index (χ0v) is 26.5. The van der Waals surface area contributed by atoms with Gasteiger partial charge in [-0.3, -0.25) is 15.0 Å². The molecule has 7 heteroatoms. The number of aryl methyl sites for hydroxylation is 2. The lowest BCUT2D eigenvalue weighted by Crippen LogP contribution is -2.45. The summed E-state index contributed by atoms with van der Waals surface area (Å²) >= 11 is 0. The number of amides is 1. The van der Waals surface area contributed by atoms with E-state index >= 15 is 0 Å². The van der Waals surface area contributed by atoms with Crippen molar-refractivity contribution in [1.82, 2.24) is 15.5 Å². The summed E-state index contributed by atoms with van der Waals surface area (Å²) in [7, 11) is 0. The second-order valence-corrected chi connectivity index (χ2v) is 12.7. The predicted octanol–water partition coefficient (Wildman–Crippen LogP) is 6.41. The highest BCUT2D eigenvalue weighted by Crippen LogP contribution is 2.46. The maximum absolute atomic E-state index is 14.7. The van der Waals surface area contributed by atoms with Crippen molar-refractivity contribution in [3.63, 3.8) is 0 Å². The number of benzene rings is 3. The molecule has 3 N–H and O–H groups in total. The molecule has 4 bridgehead atoms. The number of carbonyl (C=O) groups is 1. The van der Waals surface area contributed by atoms with Gasteiger partial charge in [0.2, 0.25) is 0 Å². The summed E-state index contributed by atoms with van der Waals surface area (Å²) in [5.74, 6) is -0.0685. The Balaban J connectivity index is 1.40. The largest absolute Gasteiger partial charge is 0.493 e. The zero-order chi connectivity index (χ0) is 31.1. The standard InChI is InChI=1S/C37H48FN3O3/c1-4-13-41-14-6-7-15-44-34-22-28(20-32(38)23-34)21-33(39-36(43)30-17-26(3)16-29(18-30)25-41)24-35(42)40-37(11-12-37)31-10-8-9-27(5-2)19-31/h8-10,16-20,22-23,33,35,40,42H,4-7,11-15,21,24-25H2,1-3H3,(H,39,43). The van der Waals surface area contributed by atoms with Crippen LogP contribution in [0.2, 0.25) is 0 Å². The van der Waals surface area contributed by atoms with Crippen molar-refractivity contribution in [1.29, 1.82) is 0 Å². The van der Waals surface area contributed by atoms with Crippen LogP contribution in [0, 0.1) is 12.7 Å². The zero-order valence-electron chi connectivity index (χ0n) is 26.5. The van der Waals surface area contributed by atoms with E-state index in [4.69, 9.17) is 4.74 Å². The molecule has 236 valence electrons. The molecule has 1 amide bonds. The Bertz CT molecular complexity index is 1420. The molecule has 6 nitrogen and oxygen atoms in total. The second kappa shape index (κ2) is 14.7. The highest BCUT2D eigenvalue weighted by molar-refractivity contribution is 5.94. The fourth-order valence-corrected chi connectivity index (χ4v) is 6.50. The predicted molar refractivity (Wildman–Crippen MR) is 173 cm³/mol. The molecule has 0 spiro atoms. The van der Waals surface area contributed by atoms with E-state index in [0.29, 0.717) is 24.3 Å². The van der Waals surface area contributed by atoms with Crippen LogP contribution in [0.25, 0.3) is 0 Å². The summed E-state index contributed by atoms with van der Waals surface area (Å²) in [5.41, 5.74) is 5.66. The lowest BCUT2D eigenvalue weighted by atomic mass is 9.98. The molecule has 3 aromatic carbocycles. The van der Waals surface area contributed by atoms with Crippen LogP contribution < -0.4 is 15.4 Å². The molecule has 0 aromatic heterocycles. The molecule has 1 heterocycles. The van der Waals surface area contributed by atoms with Crippen molar-refractivity contribution in [2.45, 2.75) is 96.5 Å². The Morgan fingerprint density at radius 3 is 2.70 bits per heavy atom. The molecule has 1 aliphatic carbocycles. The van der Waals surface area contributed by atoms with Crippen LogP contribution in [0.4, 0.5) is 4.39 Å². The van der Waals surface area contributed by atoms with Crippen LogP contribution in [0.1, 0.15) is 90.5 Å². The molecule has 1 saturated carbocycles. The quantitative estimate of drug-likeness (QED) is 0.260. The van der Waals surface area contributed by atoms with Gasteiger partial charge in [-0.1, -0.05) is 49.7 Å². The Hall–Kier alpha value is -3.26. The monoisotopic (exact) mass is 601 g/mol. The number of aliphatic hydroxyl groups excluding tert-OH is 1. The summed E-state index contributed by atoms with van der Waals surface area (Å²) in [6.07, 6.45) is 5.51. The van der Waals surface area contributed by atoms with Crippen molar-refractivity contribution in [3.05, 3.63) is 99.9 Å². The fraction of sp³-hybridized carbons (Fsp3) is 0.486. The number of halogens is 1. The molecule has 1 fully saturated rings. The van der Waals surface area contributed by atoms with Gasteiger partial charge >= 0.3 is 0 Å². The normalized spacial score (nSPS) is 19.8. The van der Waals surface area contributed by atoms with E-state index in [1.165, 1.54) is 23.3 Å². The fourth-order valence-electron chi connectivity index (χ4n) is 6.50. The van der Waals surface area contributed by atoms with Gasteiger partial charge in [-0.2, -0.15) is 0 Å². The molecule has 2 unspecified atom stereocenters. The molecule has 3 aromatic rings. The first-order valence-electron chi connectivity index (χ1n) is 16.4. The molecule has 5 rings (SSSR count). The molecular weight excluding hydrogens is 553 g/mol. The number of nitrogens with zero attached hydrogens (tertiary/aromatic N) is 1. The average Bonchev–Trinajstić information content (AvgIpc) is 3.76. The Morgan fingerprint density at radius 1 is 1.09 bits per heavy atom. The average molecular weight is 602 g/mol. The first-order valence-corrected chi connectivity index (χ1v) is 16.4. The van der Waals surface area contributed by atoms with Gasteiger partial charge in [0.15, 0.2) is 0 Å². The molecule has 44 heavy (non-hydrogen) atoms. The maximum atomic E-state index is 14.7. The molecule has 2 atom stereocenters. The molecular formula is C37H48FN3O3. The minimum absolute atomic E-state index is 0.192. The number of ether oxygens (including phenoxy) is 1. The topological polar surface area (TPSA) is 73.8 Å². The number of nitrogens with one attached hydrogen (secondary N) is 2. The first kappa shape index (κ1) is 32.1. The van der Waals surface area contributed by atoms with Crippen LogP contribution >= 0.6 is 0 Å². The first-order chi connectivity index (χ1) is 21.2.